The lowest BCUT2D eigenvalue weighted by atomic mass is 10.1. The Morgan fingerprint density at radius 3 is 2.90 bits per heavy atom. The van der Waals surface area contributed by atoms with E-state index in [1.807, 2.05) is 6.92 Å². The van der Waals surface area contributed by atoms with Crippen molar-refractivity contribution in [1.82, 2.24) is 9.78 Å². The Bertz CT molecular complexity index is 518. The summed E-state index contributed by atoms with van der Waals surface area (Å²) in [5.74, 6) is -0.567. The molecule has 112 valence electrons. The van der Waals surface area contributed by atoms with Gasteiger partial charge in [-0.2, -0.15) is 5.10 Å². The highest BCUT2D eigenvalue weighted by Gasteiger charge is 2.14. The molecule has 20 heavy (non-hydrogen) atoms. The summed E-state index contributed by atoms with van der Waals surface area (Å²) in [5, 5.41) is 6.96. The lowest BCUT2D eigenvalue weighted by Crippen LogP contribution is -2.32. The molecule has 1 aromatic heterocycles. The van der Waals surface area contributed by atoms with E-state index >= 15 is 0 Å². The Morgan fingerprint density at radius 1 is 1.65 bits per heavy atom. The van der Waals surface area contributed by atoms with Gasteiger partial charge >= 0.3 is 5.97 Å². The summed E-state index contributed by atoms with van der Waals surface area (Å²) >= 11 is 6.00. The van der Waals surface area contributed by atoms with E-state index in [2.05, 4.69) is 15.2 Å². The van der Waals surface area contributed by atoms with E-state index in [4.69, 9.17) is 17.3 Å². The third-order valence-corrected chi connectivity index (χ3v) is 3.14. The number of esters is 1. The molecule has 0 saturated heterocycles. The molecule has 1 heterocycles. The zero-order valence-electron chi connectivity index (χ0n) is 11.6. The van der Waals surface area contributed by atoms with E-state index in [0.29, 0.717) is 12.2 Å². The first-order valence-electron chi connectivity index (χ1n) is 6.32. The number of nitrogens with two attached hydrogens (primary N) is 1. The SMILES string of the molecule is CCCC(CN)Nc1cnn(CC(=O)OC)c(=O)c1Cl. The zero-order chi connectivity index (χ0) is 15.1. The smallest absolute Gasteiger partial charge is 0.327 e. The fourth-order valence-electron chi connectivity index (χ4n) is 1.68. The summed E-state index contributed by atoms with van der Waals surface area (Å²) in [6.45, 7) is 2.19. The number of anilines is 1. The Balaban J connectivity index is 2.94. The first-order chi connectivity index (χ1) is 9.53. The number of carbonyl (C=O) groups excluding carboxylic acids is 1. The normalized spacial score (nSPS) is 12.0. The number of aromatic nitrogens is 2. The minimum absolute atomic E-state index is 0.0153. The van der Waals surface area contributed by atoms with Gasteiger partial charge in [0, 0.05) is 12.6 Å². The van der Waals surface area contributed by atoms with E-state index in [1.54, 1.807) is 0 Å². The van der Waals surface area contributed by atoms with Gasteiger partial charge in [0.1, 0.15) is 11.6 Å². The molecule has 0 spiro atoms. The largest absolute Gasteiger partial charge is 0.468 e. The van der Waals surface area contributed by atoms with Crippen LogP contribution in [0.25, 0.3) is 0 Å². The molecule has 1 unspecified atom stereocenters. The first-order valence-corrected chi connectivity index (χ1v) is 6.70. The number of ether oxygens (including phenoxy) is 1. The predicted octanol–water partition coefficient (Wildman–Crippen LogP) is 0.609. The predicted molar refractivity (Wildman–Crippen MR) is 76.9 cm³/mol. The maximum atomic E-state index is 12.0. The van der Waals surface area contributed by atoms with Crippen LogP contribution in [0.2, 0.25) is 5.02 Å². The molecule has 1 rings (SSSR count). The molecule has 1 aromatic rings. The maximum absolute atomic E-state index is 12.0. The van der Waals surface area contributed by atoms with Crippen molar-refractivity contribution in [2.45, 2.75) is 32.4 Å². The van der Waals surface area contributed by atoms with Gasteiger partial charge in [0.25, 0.3) is 5.56 Å². The van der Waals surface area contributed by atoms with Crippen LogP contribution in [-0.2, 0) is 16.1 Å². The molecule has 3 N–H and O–H groups in total. The number of carbonyl (C=O) groups is 1. The van der Waals surface area contributed by atoms with Gasteiger partial charge in [0.15, 0.2) is 0 Å². The molecule has 0 fully saturated rings. The number of hydrogen-bond acceptors (Lipinski definition) is 6. The van der Waals surface area contributed by atoms with E-state index in [1.165, 1.54) is 13.3 Å². The van der Waals surface area contributed by atoms with Crippen LogP contribution in [0.5, 0.6) is 0 Å². The molecular formula is C12H19ClN4O3. The molecule has 8 heteroatoms. The molecular weight excluding hydrogens is 284 g/mol. The average molecular weight is 303 g/mol. The third-order valence-electron chi connectivity index (χ3n) is 2.77. The Hall–Kier alpha value is -1.60. The molecule has 0 amide bonds. The van der Waals surface area contributed by atoms with Crippen molar-refractivity contribution in [3.8, 4) is 0 Å². The lowest BCUT2D eigenvalue weighted by Gasteiger charge is -2.18. The lowest BCUT2D eigenvalue weighted by molar-refractivity contribution is -0.141. The number of nitrogens with one attached hydrogen (secondary N) is 1. The van der Waals surface area contributed by atoms with Crippen LogP contribution in [0.15, 0.2) is 11.0 Å². The number of halogens is 1. The molecule has 7 nitrogen and oxygen atoms in total. The van der Waals surface area contributed by atoms with Crippen LogP contribution in [0, 0.1) is 0 Å². The van der Waals surface area contributed by atoms with Crippen LogP contribution in [0.4, 0.5) is 5.69 Å². The van der Waals surface area contributed by atoms with Crippen LogP contribution in [-0.4, -0.2) is 35.4 Å². The second kappa shape index (κ2) is 7.86. The summed E-state index contributed by atoms with van der Waals surface area (Å²) in [5.41, 5.74) is 5.51. The van der Waals surface area contributed by atoms with E-state index in [9.17, 15) is 9.59 Å². The van der Waals surface area contributed by atoms with E-state index < -0.39 is 11.5 Å². The number of rotatable bonds is 7. The highest BCUT2D eigenvalue weighted by Crippen LogP contribution is 2.17. The van der Waals surface area contributed by atoms with Crippen molar-refractivity contribution >= 4 is 23.3 Å². The third kappa shape index (κ3) is 4.21. The summed E-state index contributed by atoms with van der Waals surface area (Å²) in [6, 6.07) is 0.0233. The van der Waals surface area contributed by atoms with Crippen molar-refractivity contribution in [2.75, 3.05) is 19.0 Å². The summed E-state index contributed by atoms with van der Waals surface area (Å²) in [7, 11) is 1.24. The van der Waals surface area contributed by atoms with Gasteiger partial charge in [-0.1, -0.05) is 24.9 Å². The minimum atomic E-state index is -0.567. The van der Waals surface area contributed by atoms with Crippen LogP contribution in [0.3, 0.4) is 0 Å². The Labute approximate surface area is 122 Å². The van der Waals surface area contributed by atoms with Gasteiger partial charge in [-0.25, -0.2) is 4.68 Å². The fraction of sp³-hybridized carbons (Fsp3) is 0.583. The van der Waals surface area contributed by atoms with Crippen molar-refractivity contribution in [2.24, 2.45) is 5.73 Å². The first kappa shape index (κ1) is 16.5. The highest BCUT2D eigenvalue weighted by molar-refractivity contribution is 6.32. The van der Waals surface area contributed by atoms with Crippen LogP contribution in [0.1, 0.15) is 19.8 Å². The molecule has 0 aliphatic heterocycles. The van der Waals surface area contributed by atoms with Gasteiger partial charge in [0.05, 0.1) is 19.0 Å². The standard InChI is InChI=1S/C12H19ClN4O3/c1-3-4-8(5-14)16-9-6-15-17(7-10(18)20-2)12(19)11(9)13/h6,8,16H,3-5,7,14H2,1-2H3. The minimum Gasteiger partial charge on any atom is -0.468 e. The summed E-state index contributed by atoms with van der Waals surface area (Å²) < 4.78 is 5.43. The topological polar surface area (TPSA) is 99.2 Å². The molecule has 0 aliphatic rings. The highest BCUT2D eigenvalue weighted by atomic mass is 35.5. The molecule has 0 aromatic carbocycles. The summed E-state index contributed by atoms with van der Waals surface area (Å²) in [6.07, 6.45) is 3.22. The van der Waals surface area contributed by atoms with Gasteiger partial charge in [-0.05, 0) is 6.42 Å². The Kier molecular flexibility index (Phi) is 6.47. The molecule has 0 aliphatic carbocycles. The van der Waals surface area contributed by atoms with Crippen LogP contribution >= 0.6 is 11.6 Å². The number of hydrogen-bond donors (Lipinski definition) is 2. The summed E-state index contributed by atoms with van der Waals surface area (Å²) in [4.78, 5) is 23.1. The average Bonchev–Trinajstić information content (AvgIpc) is 2.45. The molecule has 0 radical (unpaired) electrons. The fourth-order valence-corrected chi connectivity index (χ4v) is 1.88. The maximum Gasteiger partial charge on any atom is 0.327 e. The van der Waals surface area contributed by atoms with Gasteiger partial charge in [0.2, 0.25) is 0 Å². The van der Waals surface area contributed by atoms with Crippen molar-refractivity contribution in [1.29, 1.82) is 0 Å². The second-order valence-corrected chi connectivity index (χ2v) is 4.65. The van der Waals surface area contributed by atoms with Gasteiger partial charge in [-0.3, -0.25) is 9.59 Å². The monoisotopic (exact) mass is 302 g/mol. The Morgan fingerprint density at radius 2 is 2.35 bits per heavy atom. The molecule has 1 atom stereocenters. The zero-order valence-corrected chi connectivity index (χ0v) is 12.3. The van der Waals surface area contributed by atoms with E-state index in [0.717, 1.165) is 17.5 Å². The van der Waals surface area contributed by atoms with Gasteiger partial charge in [-0.15, -0.1) is 0 Å². The number of methoxy groups -OCH3 is 1. The van der Waals surface area contributed by atoms with Crippen molar-refractivity contribution < 1.29 is 9.53 Å². The van der Waals surface area contributed by atoms with E-state index in [-0.39, 0.29) is 17.6 Å². The van der Waals surface area contributed by atoms with Crippen LogP contribution < -0.4 is 16.6 Å². The quantitative estimate of drug-likeness (QED) is 0.716. The second-order valence-electron chi connectivity index (χ2n) is 4.28. The number of nitrogens with zero attached hydrogens (tertiary/aromatic N) is 2. The van der Waals surface area contributed by atoms with Crippen molar-refractivity contribution in [3.63, 3.8) is 0 Å². The molecule has 0 bridgehead atoms. The van der Waals surface area contributed by atoms with Crippen molar-refractivity contribution in [3.05, 3.63) is 21.6 Å². The molecule has 0 saturated carbocycles. The van der Waals surface area contributed by atoms with Gasteiger partial charge < -0.3 is 15.8 Å².